The van der Waals surface area contributed by atoms with Crippen molar-refractivity contribution >= 4 is 0 Å². The number of rotatable bonds is 5. The number of pyridine rings is 1. The minimum atomic E-state index is 0.444. The molecule has 0 aliphatic heterocycles. The van der Waals surface area contributed by atoms with E-state index in [0.29, 0.717) is 5.41 Å². The van der Waals surface area contributed by atoms with Crippen LogP contribution in [0.1, 0.15) is 45.2 Å². The number of nitrogens with one attached hydrogen (secondary N) is 1. The van der Waals surface area contributed by atoms with E-state index in [1.165, 1.54) is 31.4 Å². The second-order valence-corrected chi connectivity index (χ2v) is 5.70. The lowest BCUT2D eigenvalue weighted by Gasteiger charge is -2.24. The fraction of sp³-hybridized carbons (Fsp3) is 0.667. The van der Waals surface area contributed by atoms with Crippen molar-refractivity contribution in [3.8, 4) is 0 Å². The molecular formula is C15H24N2. The zero-order valence-electron chi connectivity index (χ0n) is 11.1. The largest absolute Gasteiger partial charge is 0.314 e. The molecule has 2 unspecified atom stereocenters. The number of hydrogen-bond acceptors (Lipinski definition) is 2. The van der Waals surface area contributed by atoms with E-state index >= 15 is 0 Å². The first-order valence-electron chi connectivity index (χ1n) is 6.85. The average molecular weight is 232 g/mol. The first kappa shape index (κ1) is 12.6. The molecule has 2 atom stereocenters. The maximum Gasteiger partial charge on any atom is 0.0409 e. The summed E-state index contributed by atoms with van der Waals surface area (Å²) in [5, 5.41) is 3.65. The zero-order chi connectivity index (χ0) is 12.1. The number of aromatic nitrogens is 1. The highest BCUT2D eigenvalue weighted by Gasteiger charge is 2.34. The highest BCUT2D eigenvalue weighted by molar-refractivity contribution is 5.07. The van der Waals surface area contributed by atoms with Crippen molar-refractivity contribution in [2.75, 3.05) is 6.54 Å². The molecule has 94 valence electrons. The van der Waals surface area contributed by atoms with Crippen molar-refractivity contribution in [1.29, 1.82) is 0 Å². The predicted molar refractivity (Wildman–Crippen MR) is 72.0 cm³/mol. The molecule has 1 saturated carbocycles. The van der Waals surface area contributed by atoms with Crippen molar-refractivity contribution in [2.45, 2.75) is 52.0 Å². The standard InChI is InChI=1S/C15H24N2/c1-3-9-16-14-7-8-15(2,12-14)11-13-6-4-5-10-17-13/h4-6,10,14,16H,3,7-9,11-12H2,1-2H3. The van der Waals surface area contributed by atoms with Gasteiger partial charge >= 0.3 is 0 Å². The summed E-state index contributed by atoms with van der Waals surface area (Å²) in [4.78, 5) is 4.45. The predicted octanol–water partition coefficient (Wildman–Crippen LogP) is 3.18. The minimum absolute atomic E-state index is 0.444. The van der Waals surface area contributed by atoms with E-state index in [1.807, 2.05) is 12.3 Å². The van der Waals surface area contributed by atoms with Crippen LogP contribution in [0.5, 0.6) is 0 Å². The van der Waals surface area contributed by atoms with Gasteiger partial charge in [0.05, 0.1) is 0 Å². The van der Waals surface area contributed by atoms with Crippen LogP contribution in [0.4, 0.5) is 0 Å². The lowest BCUT2D eigenvalue weighted by Crippen LogP contribution is -2.29. The molecule has 2 rings (SSSR count). The van der Waals surface area contributed by atoms with E-state index < -0.39 is 0 Å². The molecule has 0 radical (unpaired) electrons. The number of hydrogen-bond donors (Lipinski definition) is 1. The maximum absolute atomic E-state index is 4.45. The third-order valence-corrected chi connectivity index (χ3v) is 3.85. The number of nitrogens with zero attached hydrogens (tertiary/aromatic N) is 1. The summed E-state index contributed by atoms with van der Waals surface area (Å²) < 4.78 is 0. The quantitative estimate of drug-likeness (QED) is 0.843. The molecule has 1 aromatic rings. The Hall–Kier alpha value is -0.890. The molecule has 0 bridgehead atoms. The van der Waals surface area contributed by atoms with Gasteiger partial charge in [-0.2, -0.15) is 0 Å². The van der Waals surface area contributed by atoms with Gasteiger partial charge in [-0.15, -0.1) is 0 Å². The van der Waals surface area contributed by atoms with Crippen LogP contribution in [0.15, 0.2) is 24.4 Å². The highest BCUT2D eigenvalue weighted by atomic mass is 14.9. The highest BCUT2D eigenvalue weighted by Crippen LogP contribution is 2.40. The molecule has 2 heteroatoms. The van der Waals surface area contributed by atoms with Gasteiger partial charge in [-0.05, 0) is 56.2 Å². The molecule has 0 aromatic carbocycles. The molecule has 2 nitrogen and oxygen atoms in total. The molecular weight excluding hydrogens is 208 g/mol. The fourth-order valence-corrected chi connectivity index (χ4v) is 2.94. The first-order chi connectivity index (χ1) is 8.22. The van der Waals surface area contributed by atoms with Crippen LogP contribution in [0, 0.1) is 5.41 Å². The van der Waals surface area contributed by atoms with E-state index in [9.17, 15) is 0 Å². The van der Waals surface area contributed by atoms with Crippen molar-refractivity contribution in [3.05, 3.63) is 30.1 Å². The summed E-state index contributed by atoms with van der Waals surface area (Å²) in [5.74, 6) is 0. The van der Waals surface area contributed by atoms with Crippen LogP contribution in [-0.2, 0) is 6.42 Å². The van der Waals surface area contributed by atoms with Crippen molar-refractivity contribution in [3.63, 3.8) is 0 Å². The Morgan fingerprint density at radius 1 is 1.47 bits per heavy atom. The van der Waals surface area contributed by atoms with Crippen molar-refractivity contribution in [2.24, 2.45) is 5.41 Å². The van der Waals surface area contributed by atoms with Crippen LogP contribution in [0.25, 0.3) is 0 Å². The zero-order valence-corrected chi connectivity index (χ0v) is 11.1. The summed E-state index contributed by atoms with van der Waals surface area (Å²) in [6.45, 7) is 5.80. The fourth-order valence-electron chi connectivity index (χ4n) is 2.94. The average Bonchev–Trinajstić information content (AvgIpc) is 2.69. The van der Waals surface area contributed by atoms with Crippen LogP contribution in [0.3, 0.4) is 0 Å². The van der Waals surface area contributed by atoms with E-state index in [1.54, 1.807) is 0 Å². The smallest absolute Gasteiger partial charge is 0.0409 e. The monoisotopic (exact) mass is 232 g/mol. The summed E-state index contributed by atoms with van der Waals surface area (Å²) in [7, 11) is 0. The second-order valence-electron chi connectivity index (χ2n) is 5.70. The first-order valence-corrected chi connectivity index (χ1v) is 6.85. The van der Waals surface area contributed by atoms with Gasteiger partial charge in [0, 0.05) is 17.9 Å². The van der Waals surface area contributed by atoms with Crippen LogP contribution in [-0.4, -0.2) is 17.6 Å². The summed E-state index contributed by atoms with van der Waals surface area (Å²) in [6.07, 6.45) is 8.20. The van der Waals surface area contributed by atoms with E-state index in [4.69, 9.17) is 0 Å². The van der Waals surface area contributed by atoms with Gasteiger partial charge < -0.3 is 5.32 Å². The lowest BCUT2D eigenvalue weighted by atomic mass is 9.83. The Morgan fingerprint density at radius 3 is 3.06 bits per heavy atom. The van der Waals surface area contributed by atoms with E-state index in [-0.39, 0.29) is 0 Å². The third kappa shape index (κ3) is 3.53. The summed E-state index contributed by atoms with van der Waals surface area (Å²) in [6, 6.07) is 6.96. The Balaban J connectivity index is 1.89. The molecule has 1 aromatic heterocycles. The van der Waals surface area contributed by atoms with Crippen LogP contribution < -0.4 is 5.32 Å². The summed E-state index contributed by atoms with van der Waals surface area (Å²) >= 11 is 0. The van der Waals surface area contributed by atoms with Gasteiger partial charge in [0.25, 0.3) is 0 Å². The molecule has 0 spiro atoms. The normalized spacial score (nSPS) is 28.5. The maximum atomic E-state index is 4.45. The molecule has 0 amide bonds. The van der Waals surface area contributed by atoms with Gasteiger partial charge in [-0.3, -0.25) is 4.98 Å². The minimum Gasteiger partial charge on any atom is -0.314 e. The molecule has 1 fully saturated rings. The molecule has 1 heterocycles. The topological polar surface area (TPSA) is 24.9 Å². The van der Waals surface area contributed by atoms with Crippen LogP contribution >= 0.6 is 0 Å². The molecule has 17 heavy (non-hydrogen) atoms. The Morgan fingerprint density at radius 2 is 2.35 bits per heavy atom. The van der Waals surface area contributed by atoms with E-state index in [2.05, 4.69) is 36.3 Å². The van der Waals surface area contributed by atoms with Crippen molar-refractivity contribution in [1.82, 2.24) is 10.3 Å². The van der Waals surface area contributed by atoms with Gasteiger partial charge in [0.2, 0.25) is 0 Å². The second kappa shape index (κ2) is 5.63. The molecule has 0 saturated heterocycles. The van der Waals surface area contributed by atoms with Gasteiger partial charge in [-0.25, -0.2) is 0 Å². The SMILES string of the molecule is CCCNC1CCC(C)(Cc2ccccn2)C1. The van der Waals surface area contributed by atoms with Crippen LogP contribution in [0.2, 0.25) is 0 Å². The van der Waals surface area contributed by atoms with E-state index in [0.717, 1.165) is 19.0 Å². The van der Waals surface area contributed by atoms with Gasteiger partial charge in [0.1, 0.15) is 0 Å². The third-order valence-electron chi connectivity index (χ3n) is 3.85. The molecule has 1 aliphatic rings. The lowest BCUT2D eigenvalue weighted by molar-refractivity contribution is 0.318. The summed E-state index contributed by atoms with van der Waals surface area (Å²) in [5.41, 5.74) is 1.69. The van der Waals surface area contributed by atoms with Crippen molar-refractivity contribution < 1.29 is 0 Å². The molecule has 1 aliphatic carbocycles. The Kier molecular flexibility index (Phi) is 4.16. The Bertz CT molecular complexity index is 336. The van der Waals surface area contributed by atoms with Gasteiger partial charge in [0.15, 0.2) is 0 Å². The molecule has 1 N–H and O–H groups in total. The van der Waals surface area contributed by atoms with Gasteiger partial charge in [-0.1, -0.05) is 19.9 Å². The Labute approximate surface area is 105 Å².